The molecule has 0 aliphatic heterocycles. The number of hydrogen-bond donors (Lipinski definition) is 2. The summed E-state index contributed by atoms with van der Waals surface area (Å²) in [5, 5.41) is 11.4. The highest BCUT2D eigenvalue weighted by Crippen LogP contribution is 2.25. The van der Waals surface area contributed by atoms with Crippen molar-refractivity contribution in [3.05, 3.63) is 23.8 Å². The third-order valence-corrected chi connectivity index (χ3v) is 2.23. The molecule has 0 spiro atoms. The highest BCUT2D eigenvalue weighted by Gasteiger charge is 2.11. The number of carboxylic acid groups (broad SMARTS) is 1. The van der Waals surface area contributed by atoms with E-state index in [1.165, 1.54) is 25.3 Å². The second kappa shape index (κ2) is 6.10. The molecule has 1 rings (SSSR count). The van der Waals surface area contributed by atoms with E-state index < -0.39 is 5.97 Å². The molecule has 0 saturated heterocycles. The van der Waals surface area contributed by atoms with E-state index in [4.69, 9.17) is 21.4 Å². The van der Waals surface area contributed by atoms with Crippen LogP contribution in [-0.2, 0) is 4.79 Å². The lowest BCUT2D eigenvalue weighted by molar-refractivity contribution is -0.115. The molecule has 6 heteroatoms. The van der Waals surface area contributed by atoms with E-state index in [0.29, 0.717) is 11.4 Å². The normalized spacial score (nSPS) is 9.76. The Morgan fingerprint density at radius 2 is 2.18 bits per heavy atom. The number of methoxy groups -OCH3 is 1. The average Bonchev–Trinajstić information content (AvgIpc) is 2.29. The van der Waals surface area contributed by atoms with E-state index >= 15 is 0 Å². The molecule has 1 aromatic carbocycles. The first kappa shape index (κ1) is 13.3. The van der Waals surface area contributed by atoms with E-state index in [0.717, 1.165) is 0 Å². The molecule has 0 aliphatic carbocycles. The van der Waals surface area contributed by atoms with Crippen LogP contribution in [0.4, 0.5) is 5.69 Å². The van der Waals surface area contributed by atoms with Crippen molar-refractivity contribution in [1.29, 1.82) is 0 Å². The standard InChI is InChI=1S/C11H12ClNO4/c1-17-9-3-2-7(11(15)16)6-8(9)13-10(14)4-5-12/h2-3,6H,4-5H2,1H3,(H,13,14)(H,15,16). The van der Waals surface area contributed by atoms with Crippen molar-refractivity contribution in [3.8, 4) is 5.75 Å². The molecule has 17 heavy (non-hydrogen) atoms. The quantitative estimate of drug-likeness (QED) is 0.791. The first-order chi connectivity index (χ1) is 8.08. The number of carbonyl (C=O) groups is 2. The summed E-state index contributed by atoms with van der Waals surface area (Å²) in [6.45, 7) is 0. The summed E-state index contributed by atoms with van der Waals surface area (Å²) in [7, 11) is 1.44. The van der Waals surface area contributed by atoms with Gasteiger partial charge in [0.25, 0.3) is 0 Å². The molecule has 0 unspecified atom stereocenters. The highest BCUT2D eigenvalue weighted by atomic mass is 35.5. The number of ether oxygens (including phenoxy) is 1. The van der Waals surface area contributed by atoms with Gasteiger partial charge in [-0.3, -0.25) is 4.79 Å². The topological polar surface area (TPSA) is 75.6 Å². The predicted molar refractivity (Wildman–Crippen MR) is 63.9 cm³/mol. The first-order valence-electron chi connectivity index (χ1n) is 4.85. The van der Waals surface area contributed by atoms with Gasteiger partial charge in [0.15, 0.2) is 0 Å². The van der Waals surface area contributed by atoms with Crippen molar-refractivity contribution in [2.75, 3.05) is 18.3 Å². The van der Waals surface area contributed by atoms with Gasteiger partial charge in [0, 0.05) is 12.3 Å². The van der Waals surface area contributed by atoms with Gasteiger partial charge in [-0.1, -0.05) is 0 Å². The molecule has 0 heterocycles. The molecule has 0 aromatic heterocycles. The maximum Gasteiger partial charge on any atom is 0.335 e. The van der Waals surface area contributed by atoms with Gasteiger partial charge in [-0.05, 0) is 18.2 Å². The zero-order chi connectivity index (χ0) is 12.8. The number of carbonyl (C=O) groups excluding carboxylic acids is 1. The maximum absolute atomic E-state index is 11.4. The minimum Gasteiger partial charge on any atom is -0.495 e. The summed E-state index contributed by atoms with van der Waals surface area (Å²) in [5.74, 6) is -0.758. The van der Waals surface area contributed by atoms with E-state index in [-0.39, 0.29) is 23.8 Å². The molecule has 1 amide bonds. The molecule has 92 valence electrons. The molecule has 0 atom stereocenters. The van der Waals surface area contributed by atoms with Gasteiger partial charge in [0.05, 0.1) is 18.4 Å². The third-order valence-electron chi connectivity index (χ3n) is 2.04. The van der Waals surface area contributed by atoms with E-state index in [2.05, 4.69) is 5.32 Å². The Balaban J connectivity index is 2.97. The van der Waals surface area contributed by atoms with Crippen molar-refractivity contribution in [3.63, 3.8) is 0 Å². The van der Waals surface area contributed by atoms with Crippen molar-refractivity contribution >= 4 is 29.2 Å². The smallest absolute Gasteiger partial charge is 0.335 e. The Labute approximate surface area is 103 Å². The van der Waals surface area contributed by atoms with Crippen molar-refractivity contribution in [1.82, 2.24) is 0 Å². The molecular formula is C11H12ClNO4. The van der Waals surface area contributed by atoms with Gasteiger partial charge in [-0.15, -0.1) is 11.6 Å². The van der Waals surface area contributed by atoms with Crippen LogP contribution in [0.5, 0.6) is 5.75 Å². The van der Waals surface area contributed by atoms with Crippen molar-refractivity contribution < 1.29 is 19.4 Å². The Morgan fingerprint density at radius 1 is 1.47 bits per heavy atom. The van der Waals surface area contributed by atoms with Crippen LogP contribution in [0.2, 0.25) is 0 Å². The monoisotopic (exact) mass is 257 g/mol. The molecule has 1 aromatic rings. The number of carboxylic acids is 1. The molecule has 5 nitrogen and oxygen atoms in total. The molecule has 0 saturated carbocycles. The summed E-state index contributed by atoms with van der Waals surface area (Å²) in [6.07, 6.45) is 0.155. The van der Waals surface area contributed by atoms with Crippen LogP contribution < -0.4 is 10.1 Å². The molecule has 0 bridgehead atoms. The molecule has 0 aliphatic rings. The Hall–Kier alpha value is -1.75. The van der Waals surface area contributed by atoms with Crippen LogP contribution in [0, 0.1) is 0 Å². The van der Waals surface area contributed by atoms with Crippen LogP contribution in [0.3, 0.4) is 0 Å². The largest absolute Gasteiger partial charge is 0.495 e. The Bertz CT molecular complexity index is 433. The second-order valence-electron chi connectivity index (χ2n) is 3.21. The van der Waals surface area contributed by atoms with Gasteiger partial charge in [0.2, 0.25) is 5.91 Å². The highest BCUT2D eigenvalue weighted by molar-refractivity contribution is 6.19. The zero-order valence-electron chi connectivity index (χ0n) is 9.20. The summed E-state index contributed by atoms with van der Waals surface area (Å²) in [5.41, 5.74) is 0.398. The number of benzene rings is 1. The van der Waals surface area contributed by atoms with Gasteiger partial charge >= 0.3 is 5.97 Å². The van der Waals surface area contributed by atoms with E-state index in [1.54, 1.807) is 0 Å². The van der Waals surface area contributed by atoms with Gasteiger partial charge in [0.1, 0.15) is 5.75 Å². The number of hydrogen-bond acceptors (Lipinski definition) is 3. The van der Waals surface area contributed by atoms with E-state index in [9.17, 15) is 9.59 Å². The van der Waals surface area contributed by atoms with Crippen LogP contribution in [0.25, 0.3) is 0 Å². The number of rotatable bonds is 5. The zero-order valence-corrected chi connectivity index (χ0v) is 9.95. The lowest BCUT2D eigenvalue weighted by atomic mass is 10.2. The number of nitrogens with one attached hydrogen (secondary N) is 1. The Kier molecular flexibility index (Phi) is 4.78. The van der Waals surface area contributed by atoms with Gasteiger partial charge < -0.3 is 15.2 Å². The fourth-order valence-electron chi connectivity index (χ4n) is 1.24. The van der Waals surface area contributed by atoms with Crippen molar-refractivity contribution in [2.45, 2.75) is 6.42 Å². The summed E-state index contributed by atoms with van der Waals surface area (Å²) < 4.78 is 5.02. The molecule has 2 N–H and O–H groups in total. The minimum absolute atomic E-state index is 0.0759. The Morgan fingerprint density at radius 3 is 2.71 bits per heavy atom. The number of alkyl halides is 1. The molecule has 0 fully saturated rings. The number of amides is 1. The van der Waals surface area contributed by atoms with E-state index in [1.807, 2.05) is 0 Å². The number of halogens is 1. The lowest BCUT2D eigenvalue weighted by Gasteiger charge is -2.10. The first-order valence-corrected chi connectivity index (χ1v) is 5.39. The fraction of sp³-hybridized carbons (Fsp3) is 0.273. The number of anilines is 1. The molecular weight excluding hydrogens is 246 g/mol. The summed E-state index contributed by atoms with van der Waals surface area (Å²) >= 11 is 5.43. The maximum atomic E-state index is 11.4. The van der Waals surface area contributed by atoms with Crippen LogP contribution in [-0.4, -0.2) is 30.0 Å². The summed E-state index contributed by atoms with van der Waals surface area (Å²) in [4.78, 5) is 22.2. The predicted octanol–water partition coefficient (Wildman–Crippen LogP) is 1.96. The molecule has 0 radical (unpaired) electrons. The second-order valence-corrected chi connectivity index (χ2v) is 3.59. The fourth-order valence-corrected chi connectivity index (χ4v) is 1.41. The third kappa shape index (κ3) is 3.64. The summed E-state index contributed by atoms with van der Waals surface area (Å²) in [6, 6.07) is 4.23. The van der Waals surface area contributed by atoms with Crippen LogP contribution >= 0.6 is 11.6 Å². The van der Waals surface area contributed by atoms with Crippen LogP contribution in [0.1, 0.15) is 16.8 Å². The van der Waals surface area contributed by atoms with Crippen LogP contribution in [0.15, 0.2) is 18.2 Å². The van der Waals surface area contributed by atoms with Crippen molar-refractivity contribution in [2.24, 2.45) is 0 Å². The average molecular weight is 258 g/mol. The van der Waals surface area contributed by atoms with Gasteiger partial charge in [-0.25, -0.2) is 4.79 Å². The SMILES string of the molecule is COc1ccc(C(=O)O)cc1NC(=O)CCCl. The van der Waals surface area contributed by atoms with Gasteiger partial charge in [-0.2, -0.15) is 0 Å². The lowest BCUT2D eigenvalue weighted by Crippen LogP contribution is -2.13. The minimum atomic E-state index is -1.07. The number of aromatic carboxylic acids is 1.